The second-order valence-corrected chi connectivity index (χ2v) is 9.85. The molecule has 2 N–H and O–H groups in total. The third-order valence-corrected chi connectivity index (χ3v) is 7.19. The van der Waals surface area contributed by atoms with E-state index in [9.17, 15) is 13.2 Å². The van der Waals surface area contributed by atoms with E-state index in [4.69, 9.17) is 5.73 Å². The number of hydrogen-bond acceptors (Lipinski definition) is 3. The Bertz CT molecular complexity index is 720. The third kappa shape index (κ3) is 4.94. The van der Waals surface area contributed by atoms with Gasteiger partial charge in [0.1, 0.15) is 0 Å². The number of benzene rings is 1. The minimum atomic E-state index is -3.36. The number of amides is 1. The molecule has 0 heterocycles. The van der Waals surface area contributed by atoms with Gasteiger partial charge in [-0.2, -0.15) is 0 Å². The molecule has 1 aliphatic rings. The van der Waals surface area contributed by atoms with Crippen molar-refractivity contribution in [1.29, 1.82) is 0 Å². The summed E-state index contributed by atoms with van der Waals surface area (Å²) in [7, 11) is -3.36. The summed E-state index contributed by atoms with van der Waals surface area (Å²) < 4.78 is 25.5. The zero-order valence-corrected chi connectivity index (χ0v) is 16.0. The lowest BCUT2D eigenvalue weighted by Gasteiger charge is -2.27. The second-order valence-electron chi connectivity index (χ2n) is 7.81. The molecule has 1 saturated carbocycles. The fraction of sp³-hybridized carbons (Fsp3) is 0.550. The summed E-state index contributed by atoms with van der Waals surface area (Å²) in [5.41, 5.74) is 6.42. The Balaban J connectivity index is 2.11. The molecule has 25 heavy (non-hydrogen) atoms. The topological polar surface area (TPSA) is 77.2 Å². The summed E-state index contributed by atoms with van der Waals surface area (Å²) in [6, 6.07) is 7.18. The van der Waals surface area contributed by atoms with E-state index in [0.29, 0.717) is 11.3 Å². The van der Waals surface area contributed by atoms with E-state index in [1.807, 2.05) is 18.2 Å². The minimum Gasteiger partial charge on any atom is -0.369 e. The van der Waals surface area contributed by atoms with Gasteiger partial charge in [-0.15, -0.1) is 6.58 Å². The standard InChI is InChI=1S/C20H29NO3S/c1-4-12-20(2,3)17-8-10-18(11-9-17)25(23,24)14-15-6-5-7-16(13-15)19(21)22/h4,8-11,15-16H,1,5-7,12-14H2,2-3H3,(H2,21,22). The molecule has 1 aliphatic carbocycles. The second kappa shape index (κ2) is 7.73. The van der Waals surface area contributed by atoms with Crippen molar-refractivity contribution in [2.75, 3.05) is 5.75 Å². The quantitative estimate of drug-likeness (QED) is 0.752. The number of carbonyl (C=O) groups excluding carboxylic acids is 1. The Kier molecular flexibility index (Phi) is 6.09. The molecule has 0 bridgehead atoms. The molecule has 0 radical (unpaired) electrons. The summed E-state index contributed by atoms with van der Waals surface area (Å²) >= 11 is 0. The van der Waals surface area contributed by atoms with Gasteiger partial charge in [0.15, 0.2) is 9.84 Å². The molecular weight excluding hydrogens is 334 g/mol. The van der Waals surface area contributed by atoms with E-state index in [-0.39, 0.29) is 28.9 Å². The molecule has 2 rings (SSSR count). The van der Waals surface area contributed by atoms with Crippen molar-refractivity contribution in [3.05, 3.63) is 42.5 Å². The lowest BCUT2D eigenvalue weighted by molar-refractivity contribution is -0.123. The first-order valence-electron chi connectivity index (χ1n) is 8.89. The van der Waals surface area contributed by atoms with E-state index >= 15 is 0 Å². The summed E-state index contributed by atoms with van der Waals surface area (Å²) in [4.78, 5) is 11.7. The maximum Gasteiger partial charge on any atom is 0.220 e. The summed E-state index contributed by atoms with van der Waals surface area (Å²) in [5, 5.41) is 0. The van der Waals surface area contributed by atoms with Crippen LogP contribution in [0.4, 0.5) is 0 Å². The molecule has 2 unspecified atom stereocenters. The van der Waals surface area contributed by atoms with E-state index in [1.54, 1.807) is 12.1 Å². The number of nitrogens with two attached hydrogens (primary N) is 1. The molecule has 1 amide bonds. The zero-order chi connectivity index (χ0) is 18.7. The van der Waals surface area contributed by atoms with Crippen LogP contribution in [0.3, 0.4) is 0 Å². The Labute approximate surface area is 151 Å². The fourth-order valence-electron chi connectivity index (χ4n) is 3.70. The van der Waals surface area contributed by atoms with Crippen LogP contribution < -0.4 is 5.73 Å². The molecule has 0 aromatic heterocycles. The van der Waals surface area contributed by atoms with E-state index in [2.05, 4.69) is 20.4 Å². The largest absolute Gasteiger partial charge is 0.369 e. The van der Waals surface area contributed by atoms with Crippen LogP contribution in [0.25, 0.3) is 0 Å². The highest BCUT2D eigenvalue weighted by molar-refractivity contribution is 7.91. The van der Waals surface area contributed by atoms with Crippen molar-refractivity contribution in [3.63, 3.8) is 0 Å². The van der Waals surface area contributed by atoms with E-state index < -0.39 is 9.84 Å². The van der Waals surface area contributed by atoms with Crippen LogP contribution in [0.2, 0.25) is 0 Å². The van der Waals surface area contributed by atoms with Crippen LogP contribution in [0.15, 0.2) is 41.8 Å². The molecule has 0 saturated heterocycles. The van der Waals surface area contributed by atoms with Crippen molar-refractivity contribution in [2.45, 2.75) is 56.3 Å². The van der Waals surface area contributed by atoms with E-state index in [0.717, 1.165) is 31.2 Å². The average molecular weight is 364 g/mol. The molecule has 2 atom stereocenters. The molecule has 5 heteroatoms. The first-order valence-corrected chi connectivity index (χ1v) is 10.5. The van der Waals surface area contributed by atoms with Crippen molar-refractivity contribution in [2.24, 2.45) is 17.6 Å². The van der Waals surface area contributed by atoms with Crippen molar-refractivity contribution < 1.29 is 13.2 Å². The lowest BCUT2D eigenvalue weighted by atomic mass is 9.82. The molecule has 1 fully saturated rings. The van der Waals surface area contributed by atoms with Crippen molar-refractivity contribution in [1.82, 2.24) is 0 Å². The molecule has 4 nitrogen and oxygen atoms in total. The van der Waals surface area contributed by atoms with Crippen LogP contribution in [0, 0.1) is 11.8 Å². The average Bonchev–Trinajstić information content (AvgIpc) is 2.55. The fourth-order valence-corrected chi connectivity index (χ4v) is 5.37. The number of sulfone groups is 1. The number of primary amides is 1. The molecule has 138 valence electrons. The highest BCUT2D eigenvalue weighted by Crippen LogP contribution is 2.32. The molecular formula is C20H29NO3S. The van der Waals surface area contributed by atoms with Gasteiger partial charge in [0, 0.05) is 5.92 Å². The first kappa shape index (κ1) is 19.7. The predicted octanol–water partition coefficient (Wildman–Crippen LogP) is 3.61. The summed E-state index contributed by atoms with van der Waals surface area (Å²) in [6.45, 7) is 8.01. The highest BCUT2D eigenvalue weighted by atomic mass is 32.2. The van der Waals surface area contributed by atoms with Gasteiger partial charge in [0.2, 0.25) is 5.91 Å². The van der Waals surface area contributed by atoms with Crippen LogP contribution in [-0.2, 0) is 20.0 Å². The Hall–Kier alpha value is -1.62. The Morgan fingerprint density at radius 3 is 2.48 bits per heavy atom. The maximum absolute atomic E-state index is 12.7. The monoisotopic (exact) mass is 363 g/mol. The van der Waals surface area contributed by atoms with Gasteiger partial charge in [0.25, 0.3) is 0 Å². The molecule has 0 aliphatic heterocycles. The normalized spacial score (nSPS) is 21.7. The van der Waals surface area contributed by atoms with Crippen LogP contribution in [0.5, 0.6) is 0 Å². The third-order valence-electron chi connectivity index (χ3n) is 5.29. The number of allylic oxidation sites excluding steroid dienone is 1. The minimum absolute atomic E-state index is 0.00753. The predicted molar refractivity (Wildman–Crippen MR) is 101 cm³/mol. The number of hydrogen-bond donors (Lipinski definition) is 1. The van der Waals surface area contributed by atoms with Gasteiger partial charge < -0.3 is 5.73 Å². The van der Waals surface area contributed by atoms with Gasteiger partial charge in [-0.1, -0.05) is 38.5 Å². The van der Waals surface area contributed by atoms with Gasteiger partial charge >= 0.3 is 0 Å². The summed E-state index contributed by atoms with van der Waals surface area (Å²) in [5.74, 6) is -0.397. The Morgan fingerprint density at radius 2 is 1.92 bits per heavy atom. The molecule has 1 aromatic carbocycles. The first-order chi connectivity index (χ1) is 11.7. The Morgan fingerprint density at radius 1 is 1.28 bits per heavy atom. The van der Waals surface area contributed by atoms with Gasteiger partial charge in [-0.25, -0.2) is 8.42 Å². The van der Waals surface area contributed by atoms with Gasteiger partial charge in [0.05, 0.1) is 10.6 Å². The van der Waals surface area contributed by atoms with Gasteiger partial charge in [-0.05, 0) is 54.7 Å². The SMILES string of the molecule is C=CCC(C)(C)c1ccc(S(=O)(=O)CC2CCCC(C(N)=O)C2)cc1. The van der Waals surface area contributed by atoms with Crippen molar-refractivity contribution >= 4 is 15.7 Å². The van der Waals surface area contributed by atoms with Gasteiger partial charge in [-0.3, -0.25) is 4.79 Å². The number of carbonyl (C=O) groups is 1. The maximum atomic E-state index is 12.7. The zero-order valence-electron chi connectivity index (χ0n) is 15.2. The molecule has 1 aromatic rings. The van der Waals surface area contributed by atoms with Crippen LogP contribution in [0.1, 0.15) is 51.5 Å². The molecule has 0 spiro atoms. The smallest absolute Gasteiger partial charge is 0.220 e. The van der Waals surface area contributed by atoms with Crippen LogP contribution >= 0.6 is 0 Å². The number of rotatable bonds is 7. The summed E-state index contributed by atoms with van der Waals surface area (Å²) in [6.07, 6.45) is 5.77. The lowest BCUT2D eigenvalue weighted by Crippen LogP contribution is -2.31. The van der Waals surface area contributed by atoms with Crippen LogP contribution in [-0.4, -0.2) is 20.1 Å². The highest BCUT2D eigenvalue weighted by Gasteiger charge is 2.30. The van der Waals surface area contributed by atoms with E-state index in [1.165, 1.54) is 0 Å². The van der Waals surface area contributed by atoms with Crippen molar-refractivity contribution in [3.8, 4) is 0 Å².